The molecule has 1 N–H and O–H groups in total. The molecule has 3 nitrogen and oxygen atoms in total. The van der Waals surface area contributed by atoms with Gasteiger partial charge in [0.2, 0.25) is 0 Å². The molecule has 0 aliphatic rings. The van der Waals surface area contributed by atoms with Crippen molar-refractivity contribution in [3.8, 4) is 0 Å². The molecule has 0 amide bonds. The number of allylic oxidation sites excluding steroid dienone is 1. The van der Waals surface area contributed by atoms with Crippen LogP contribution in [-0.4, -0.2) is 10.8 Å². The Morgan fingerprint density at radius 2 is 1.95 bits per heavy atom. The van der Waals surface area contributed by atoms with E-state index in [4.69, 9.17) is 11.6 Å². The summed E-state index contributed by atoms with van der Waals surface area (Å²) in [6.45, 7) is 1.98. The van der Waals surface area contributed by atoms with Crippen LogP contribution in [0.5, 0.6) is 0 Å². The lowest BCUT2D eigenvalue weighted by Gasteiger charge is -1.99. The summed E-state index contributed by atoms with van der Waals surface area (Å²) in [5, 5.41) is 3.49. The van der Waals surface area contributed by atoms with Crippen LogP contribution in [0.25, 0.3) is 0 Å². The van der Waals surface area contributed by atoms with Crippen LogP contribution in [0.2, 0.25) is 5.02 Å². The second-order valence-corrected chi connectivity index (χ2v) is 4.51. The first-order valence-electron chi connectivity index (χ1n) is 5.81. The van der Waals surface area contributed by atoms with Gasteiger partial charge >= 0.3 is 0 Å². The van der Waals surface area contributed by atoms with Crippen molar-refractivity contribution < 1.29 is 4.79 Å². The molecule has 0 spiro atoms. The number of halogens is 1. The van der Waals surface area contributed by atoms with Gasteiger partial charge in [-0.3, -0.25) is 4.79 Å². The van der Waals surface area contributed by atoms with E-state index in [1.807, 2.05) is 31.2 Å². The van der Waals surface area contributed by atoms with E-state index < -0.39 is 0 Å². The largest absolute Gasteiger partial charge is 0.347 e. The standard InChI is InChI=1S/C15H13ClN2O/c1-11-2-4-12(5-3-11)14(19)8-9-17-15-7-6-13(16)10-18-15/h2-10H,1H3,(H,17,18). The molecule has 0 unspecified atom stereocenters. The summed E-state index contributed by atoms with van der Waals surface area (Å²) < 4.78 is 0. The molecule has 96 valence electrons. The van der Waals surface area contributed by atoms with Crippen molar-refractivity contribution in [1.82, 2.24) is 4.98 Å². The normalized spacial score (nSPS) is 10.6. The van der Waals surface area contributed by atoms with Gasteiger partial charge in [0.05, 0.1) is 5.02 Å². The van der Waals surface area contributed by atoms with E-state index in [1.54, 1.807) is 24.5 Å². The summed E-state index contributed by atoms with van der Waals surface area (Å²) in [7, 11) is 0. The fourth-order valence-electron chi connectivity index (χ4n) is 1.48. The van der Waals surface area contributed by atoms with E-state index in [0.717, 1.165) is 5.56 Å². The third kappa shape index (κ3) is 3.93. The summed E-state index contributed by atoms with van der Waals surface area (Å²) in [6, 6.07) is 10.9. The highest BCUT2D eigenvalue weighted by Crippen LogP contribution is 2.09. The number of rotatable bonds is 4. The van der Waals surface area contributed by atoms with Gasteiger partial charge in [-0.2, -0.15) is 0 Å². The minimum absolute atomic E-state index is 0.0542. The van der Waals surface area contributed by atoms with E-state index in [0.29, 0.717) is 16.4 Å². The van der Waals surface area contributed by atoms with Crippen molar-refractivity contribution in [3.63, 3.8) is 0 Å². The number of ketones is 1. The maximum atomic E-state index is 11.8. The van der Waals surface area contributed by atoms with Crippen LogP contribution in [-0.2, 0) is 0 Å². The number of nitrogens with zero attached hydrogens (tertiary/aromatic N) is 1. The van der Waals surface area contributed by atoms with Gasteiger partial charge < -0.3 is 5.32 Å². The number of nitrogens with one attached hydrogen (secondary N) is 1. The molecule has 0 saturated carbocycles. The minimum atomic E-state index is -0.0542. The molecule has 0 aliphatic carbocycles. The number of pyridine rings is 1. The molecule has 1 heterocycles. The molecule has 0 radical (unpaired) electrons. The van der Waals surface area contributed by atoms with Crippen molar-refractivity contribution in [2.45, 2.75) is 6.92 Å². The topological polar surface area (TPSA) is 42.0 Å². The molecule has 0 fully saturated rings. The molecule has 0 bridgehead atoms. The number of aryl methyl sites for hydroxylation is 1. The lowest BCUT2D eigenvalue weighted by atomic mass is 10.1. The maximum Gasteiger partial charge on any atom is 0.187 e. The van der Waals surface area contributed by atoms with Gasteiger partial charge in [-0.25, -0.2) is 4.98 Å². The number of carbonyl (C=O) groups excluding carboxylic acids is 1. The van der Waals surface area contributed by atoms with Crippen molar-refractivity contribution in [1.29, 1.82) is 0 Å². The van der Waals surface area contributed by atoms with Crippen molar-refractivity contribution in [2.24, 2.45) is 0 Å². The van der Waals surface area contributed by atoms with Crippen molar-refractivity contribution in [3.05, 3.63) is 71.0 Å². The molecule has 2 rings (SSSR count). The number of aromatic nitrogens is 1. The Hall–Kier alpha value is -2.13. The number of anilines is 1. The van der Waals surface area contributed by atoms with Gasteiger partial charge in [0, 0.05) is 24.0 Å². The van der Waals surface area contributed by atoms with E-state index in [2.05, 4.69) is 10.3 Å². The zero-order chi connectivity index (χ0) is 13.7. The molecular formula is C15H13ClN2O. The summed E-state index contributed by atoms with van der Waals surface area (Å²) in [5.41, 5.74) is 1.79. The van der Waals surface area contributed by atoms with Crippen LogP contribution >= 0.6 is 11.6 Å². The molecule has 0 atom stereocenters. The highest BCUT2D eigenvalue weighted by Gasteiger charge is 2.00. The first-order chi connectivity index (χ1) is 9.15. The molecule has 2 aromatic rings. The number of hydrogen-bond donors (Lipinski definition) is 1. The smallest absolute Gasteiger partial charge is 0.187 e. The fourth-order valence-corrected chi connectivity index (χ4v) is 1.59. The van der Waals surface area contributed by atoms with Crippen LogP contribution in [0.1, 0.15) is 15.9 Å². The van der Waals surface area contributed by atoms with Crippen LogP contribution in [0.3, 0.4) is 0 Å². The second kappa shape index (κ2) is 6.16. The van der Waals surface area contributed by atoms with Crippen molar-refractivity contribution in [2.75, 3.05) is 5.32 Å². The van der Waals surface area contributed by atoms with Gasteiger partial charge in [0.1, 0.15) is 5.82 Å². The Balaban J connectivity index is 1.97. The van der Waals surface area contributed by atoms with E-state index >= 15 is 0 Å². The van der Waals surface area contributed by atoms with E-state index in [-0.39, 0.29) is 5.78 Å². The zero-order valence-electron chi connectivity index (χ0n) is 10.4. The predicted molar refractivity (Wildman–Crippen MR) is 77.5 cm³/mol. The summed E-state index contributed by atoms with van der Waals surface area (Å²) in [4.78, 5) is 15.9. The SMILES string of the molecule is Cc1ccc(C(=O)C=CNc2ccc(Cl)cn2)cc1. The lowest BCUT2D eigenvalue weighted by Crippen LogP contribution is -1.97. The molecular weight excluding hydrogens is 260 g/mol. The zero-order valence-corrected chi connectivity index (χ0v) is 11.2. The highest BCUT2D eigenvalue weighted by molar-refractivity contribution is 6.30. The predicted octanol–water partition coefficient (Wildman–Crippen LogP) is 3.85. The van der Waals surface area contributed by atoms with Crippen molar-refractivity contribution >= 4 is 23.2 Å². The summed E-state index contributed by atoms with van der Waals surface area (Å²) >= 11 is 5.73. The molecule has 0 saturated heterocycles. The van der Waals surface area contributed by atoms with Crippen LogP contribution < -0.4 is 5.32 Å². The third-order valence-electron chi connectivity index (χ3n) is 2.53. The Morgan fingerprint density at radius 3 is 2.58 bits per heavy atom. The lowest BCUT2D eigenvalue weighted by molar-refractivity contribution is 0.104. The first-order valence-corrected chi connectivity index (χ1v) is 6.18. The van der Waals surface area contributed by atoms with Crippen LogP contribution in [0.4, 0.5) is 5.82 Å². The van der Waals surface area contributed by atoms with E-state index in [9.17, 15) is 4.79 Å². The average molecular weight is 273 g/mol. The van der Waals surface area contributed by atoms with Gasteiger partial charge in [0.25, 0.3) is 0 Å². The molecule has 1 aromatic heterocycles. The Labute approximate surface area is 116 Å². The van der Waals surface area contributed by atoms with Gasteiger partial charge in [-0.1, -0.05) is 41.4 Å². The summed E-state index contributed by atoms with van der Waals surface area (Å²) in [5.74, 6) is 0.582. The Kier molecular flexibility index (Phi) is 4.31. The Morgan fingerprint density at radius 1 is 1.21 bits per heavy atom. The highest BCUT2D eigenvalue weighted by atomic mass is 35.5. The number of benzene rings is 1. The van der Waals surface area contributed by atoms with Crippen LogP contribution in [0, 0.1) is 6.92 Å². The van der Waals surface area contributed by atoms with E-state index in [1.165, 1.54) is 6.08 Å². The minimum Gasteiger partial charge on any atom is -0.347 e. The quantitative estimate of drug-likeness (QED) is 0.679. The average Bonchev–Trinajstić information content (AvgIpc) is 2.41. The first kappa shape index (κ1) is 13.3. The second-order valence-electron chi connectivity index (χ2n) is 4.07. The monoisotopic (exact) mass is 272 g/mol. The summed E-state index contributed by atoms with van der Waals surface area (Å²) in [6.07, 6.45) is 4.58. The molecule has 19 heavy (non-hydrogen) atoms. The van der Waals surface area contributed by atoms with Gasteiger partial charge in [-0.15, -0.1) is 0 Å². The maximum absolute atomic E-state index is 11.8. The Bertz CT molecular complexity index is 589. The molecule has 1 aromatic carbocycles. The molecule has 0 aliphatic heterocycles. The van der Waals surface area contributed by atoms with Crippen LogP contribution in [0.15, 0.2) is 54.9 Å². The van der Waals surface area contributed by atoms with Gasteiger partial charge in [0.15, 0.2) is 5.78 Å². The number of carbonyl (C=O) groups is 1. The molecule has 4 heteroatoms. The fraction of sp³-hybridized carbons (Fsp3) is 0.0667. The third-order valence-corrected chi connectivity index (χ3v) is 2.75. The number of hydrogen-bond acceptors (Lipinski definition) is 3. The van der Waals surface area contributed by atoms with Gasteiger partial charge in [-0.05, 0) is 19.1 Å².